The quantitative estimate of drug-likeness (QED) is 0.495. The van der Waals surface area contributed by atoms with Crippen molar-refractivity contribution in [3.8, 4) is 23.4 Å². The molecule has 164 valence electrons. The van der Waals surface area contributed by atoms with Crippen LogP contribution in [0, 0.1) is 11.8 Å². The van der Waals surface area contributed by atoms with Gasteiger partial charge in [-0.05, 0) is 70.0 Å². The summed E-state index contributed by atoms with van der Waals surface area (Å²) in [7, 11) is 0. The Morgan fingerprint density at radius 2 is 1.88 bits per heavy atom. The minimum absolute atomic E-state index is 0.296. The van der Waals surface area contributed by atoms with Crippen LogP contribution in [0.5, 0.6) is 0 Å². The molecule has 0 aliphatic carbocycles. The predicted octanol–water partition coefficient (Wildman–Crippen LogP) is 5.26. The minimum Gasteiger partial charge on any atom is -0.444 e. The van der Waals surface area contributed by atoms with E-state index >= 15 is 0 Å². The smallest absolute Gasteiger partial charge is 0.410 e. The van der Waals surface area contributed by atoms with Crippen LogP contribution in [0.4, 0.5) is 4.79 Å². The third kappa shape index (κ3) is 5.27. The number of carbonyl (C=O) groups excluding carboxylic acids is 1. The summed E-state index contributed by atoms with van der Waals surface area (Å²) in [5.41, 5.74) is 1.64. The number of pyridine rings is 1. The highest BCUT2D eigenvalue weighted by atomic mass is 35.5. The van der Waals surface area contributed by atoms with Gasteiger partial charge in [-0.2, -0.15) is 4.98 Å². The third-order valence-corrected chi connectivity index (χ3v) is 5.05. The predicted molar refractivity (Wildman–Crippen MR) is 120 cm³/mol. The first-order valence-corrected chi connectivity index (χ1v) is 10.7. The van der Waals surface area contributed by atoms with E-state index in [-0.39, 0.29) is 12.1 Å². The van der Waals surface area contributed by atoms with Crippen molar-refractivity contribution in [2.75, 3.05) is 6.54 Å². The van der Waals surface area contributed by atoms with Crippen molar-refractivity contribution in [2.24, 2.45) is 0 Å². The van der Waals surface area contributed by atoms with Crippen LogP contribution < -0.4 is 0 Å². The van der Waals surface area contributed by atoms with Gasteiger partial charge in [0, 0.05) is 28.9 Å². The minimum atomic E-state index is -0.563. The van der Waals surface area contributed by atoms with Gasteiger partial charge in [-0.25, -0.2) is 4.79 Å². The number of ether oxygens (including phenoxy) is 1. The van der Waals surface area contributed by atoms with E-state index in [1.54, 1.807) is 29.3 Å². The van der Waals surface area contributed by atoms with E-state index in [0.29, 0.717) is 29.0 Å². The highest BCUT2D eigenvalue weighted by molar-refractivity contribution is 6.30. The van der Waals surface area contributed by atoms with Crippen LogP contribution >= 0.6 is 11.6 Å². The lowest BCUT2D eigenvalue weighted by atomic mass is 10.2. The van der Waals surface area contributed by atoms with Gasteiger partial charge in [0.05, 0.1) is 0 Å². The lowest BCUT2D eigenvalue weighted by Gasteiger charge is -2.26. The van der Waals surface area contributed by atoms with E-state index in [2.05, 4.69) is 27.0 Å². The molecule has 2 aromatic heterocycles. The molecule has 1 atom stereocenters. The molecule has 0 bridgehead atoms. The van der Waals surface area contributed by atoms with Crippen molar-refractivity contribution in [3.63, 3.8) is 0 Å². The number of halogens is 1. The van der Waals surface area contributed by atoms with Gasteiger partial charge in [0.25, 0.3) is 0 Å². The molecule has 3 aromatic rings. The van der Waals surface area contributed by atoms with E-state index in [9.17, 15) is 4.79 Å². The molecular weight excluding hydrogens is 428 g/mol. The van der Waals surface area contributed by atoms with Crippen molar-refractivity contribution < 1.29 is 14.1 Å². The van der Waals surface area contributed by atoms with Gasteiger partial charge in [0.1, 0.15) is 17.3 Å². The van der Waals surface area contributed by atoms with Crippen LogP contribution in [0.3, 0.4) is 0 Å². The maximum absolute atomic E-state index is 12.5. The van der Waals surface area contributed by atoms with Crippen LogP contribution in [0.25, 0.3) is 11.5 Å². The van der Waals surface area contributed by atoms with Gasteiger partial charge in [-0.3, -0.25) is 9.88 Å². The Kier molecular flexibility index (Phi) is 6.15. The normalized spacial score (nSPS) is 15.9. The van der Waals surface area contributed by atoms with Crippen molar-refractivity contribution in [2.45, 2.75) is 45.3 Å². The number of aromatic nitrogens is 3. The topological polar surface area (TPSA) is 81.4 Å². The summed E-state index contributed by atoms with van der Waals surface area (Å²) < 4.78 is 11.0. The maximum atomic E-state index is 12.5. The lowest BCUT2D eigenvalue weighted by molar-refractivity contribution is 0.0199. The van der Waals surface area contributed by atoms with Crippen LogP contribution in [0.1, 0.15) is 56.7 Å². The van der Waals surface area contributed by atoms with Crippen LogP contribution in [0.15, 0.2) is 47.1 Å². The fourth-order valence-electron chi connectivity index (χ4n) is 3.31. The molecule has 0 saturated carbocycles. The summed E-state index contributed by atoms with van der Waals surface area (Å²) in [6.07, 6.45) is 2.88. The Hall–Kier alpha value is -3.37. The molecule has 3 heterocycles. The molecule has 1 aliphatic heterocycles. The molecule has 0 N–H and O–H groups in total. The molecule has 1 aromatic carbocycles. The summed E-state index contributed by atoms with van der Waals surface area (Å²) in [6.45, 7) is 6.12. The molecule has 32 heavy (non-hydrogen) atoms. The number of carbonyl (C=O) groups is 1. The standard InChI is InChI=1S/C24H23ClN4O3/c1-24(2,3)31-23(30)29-14-4-5-20(29)22-27-21(28-32-22)19-13-10-17(15-26-19)7-6-16-8-11-18(25)12-9-16/h8-13,15,20H,4-5,14H2,1-3H3. The number of hydrogen-bond donors (Lipinski definition) is 0. The van der Waals surface area contributed by atoms with E-state index in [1.165, 1.54) is 0 Å². The lowest BCUT2D eigenvalue weighted by Crippen LogP contribution is -2.36. The van der Waals surface area contributed by atoms with Gasteiger partial charge < -0.3 is 9.26 Å². The Bertz CT molecular complexity index is 1150. The zero-order chi connectivity index (χ0) is 22.7. The third-order valence-electron chi connectivity index (χ3n) is 4.80. The first kappa shape index (κ1) is 21.8. The van der Waals surface area contributed by atoms with E-state index in [4.69, 9.17) is 20.9 Å². The van der Waals surface area contributed by atoms with Crippen molar-refractivity contribution >= 4 is 17.7 Å². The van der Waals surface area contributed by atoms with Gasteiger partial charge in [0.2, 0.25) is 11.7 Å². The van der Waals surface area contributed by atoms with E-state index < -0.39 is 5.60 Å². The first-order chi connectivity index (χ1) is 15.3. The number of benzene rings is 1. The molecule has 4 rings (SSSR count). The Morgan fingerprint density at radius 1 is 1.16 bits per heavy atom. The van der Waals surface area contributed by atoms with Crippen LogP contribution in [0.2, 0.25) is 5.02 Å². The average Bonchev–Trinajstić information content (AvgIpc) is 3.42. The summed E-state index contributed by atoms with van der Waals surface area (Å²) in [5, 5.41) is 4.73. The Labute approximate surface area is 191 Å². The van der Waals surface area contributed by atoms with E-state index in [1.807, 2.05) is 39.0 Å². The van der Waals surface area contributed by atoms with Crippen LogP contribution in [-0.2, 0) is 4.74 Å². The molecule has 8 heteroatoms. The Balaban J connectivity index is 1.46. The van der Waals surface area contributed by atoms with Crippen LogP contribution in [-0.4, -0.2) is 38.3 Å². The second-order valence-electron chi connectivity index (χ2n) is 8.48. The maximum Gasteiger partial charge on any atom is 0.410 e. The number of nitrogens with zero attached hydrogens (tertiary/aromatic N) is 4. The molecule has 1 amide bonds. The van der Waals surface area contributed by atoms with Gasteiger partial charge in [-0.15, -0.1) is 0 Å². The molecule has 0 spiro atoms. The number of likely N-dealkylation sites (tertiary alicyclic amines) is 1. The van der Waals surface area contributed by atoms with Gasteiger partial charge in [-0.1, -0.05) is 28.6 Å². The Morgan fingerprint density at radius 3 is 2.56 bits per heavy atom. The fourth-order valence-corrected chi connectivity index (χ4v) is 3.44. The highest BCUT2D eigenvalue weighted by Crippen LogP contribution is 2.33. The first-order valence-electron chi connectivity index (χ1n) is 10.4. The zero-order valence-electron chi connectivity index (χ0n) is 18.1. The second-order valence-corrected chi connectivity index (χ2v) is 8.91. The summed E-state index contributed by atoms with van der Waals surface area (Å²) in [5.74, 6) is 6.89. The summed E-state index contributed by atoms with van der Waals surface area (Å²) in [4.78, 5) is 23.1. The second kappa shape index (κ2) is 9.01. The number of amides is 1. The SMILES string of the molecule is CC(C)(C)OC(=O)N1CCCC1c1nc(-c2ccc(C#Cc3ccc(Cl)cc3)cn2)no1. The molecule has 1 unspecified atom stereocenters. The highest BCUT2D eigenvalue weighted by Gasteiger charge is 2.36. The monoisotopic (exact) mass is 450 g/mol. The molecule has 0 radical (unpaired) electrons. The van der Waals surface area contributed by atoms with Gasteiger partial charge >= 0.3 is 6.09 Å². The molecule has 7 nitrogen and oxygen atoms in total. The summed E-state index contributed by atoms with van der Waals surface area (Å²) in [6, 6.07) is 10.7. The molecule has 1 saturated heterocycles. The van der Waals surface area contributed by atoms with Crippen molar-refractivity contribution in [1.82, 2.24) is 20.0 Å². The largest absolute Gasteiger partial charge is 0.444 e. The molecular formula is C24H23ClN4O3. The average molecular weight is 451 g/mol. The number of rotatable bonds is 2. The number of hydrogen-bond acceptors (Lipinski definition) is 6. The summed E-state index contributed by atoms with van der Waals surface area (Å²) >= 11 is 5.89. The molecule has 1 aliphatic rings. The fraction of sp³-hybridized carbons (Fsp3) is 0.333. The molecule has 1 fully saturated rings. The van der Waals surface area contributed by atoms with Crippen molar-refractivity contribution in [1.29, 1.82) is 0 Å². The van der Waals surface area contributed by atoms with Crippen molar-refractivity contribution in [3.05, 3.63) is 64.6 Å². The van der Waals surface area contributed by atoms with Gasteiger partial charge in [0.15, 0.2) is 0 Å². The zero-order valence-corrected chi connectivity index (χ0v) is 18.9. The van der Waals surface area contributed by atoms with E-state index in [0.717, 1.165) is 24.0 Å².